The zero-order valence-electron chi connectivity index (χ0n) is 26.5. The van der Waals surface area contributed by atoms with Gasteiger partial charge in [0.15, 0.2) is 11.5 Å². The molecule has 3 aromatic rings. The van der Waals surface area contributed by atoms with E-state index in [1.165, 1.54) is 25.7 Å². The first kappa shape index (κ1) is 32.6. The fourth-order valence-electron chi connectivity index (χ4n) is 5.56. The average molecular weight is 637 g/mol. The zero-order chi connectivity index (χ0) is 31.8. The van der Waals surface area contributed by atoms with E-state index in [-0.39, 0.29) is 17.5 Å². The molecule has 0 spiro atoms. The monoisotopic (exact) mass is 636 g/mol. The highest BCUT2D eigenvalue weighted by Crippen LogP contribution is 2.35. The first-order valence-electron chi connectivity index (χ1n) is 15.8. The number of hydrogen-bond donors (Lipinski definition) is 0. The molecule has 1 heterocycles. The molecule has 2 fully saturated rings. The van der Waals surface area contributed by atoms with Crippen LogP contribution in [0.3, 0.4) is 0 Å². The average Bonchev–Trinajstić information content (AvgIpc) is 3.87. The van der Waals surface area contributed by atoms with E-state index in [1.807, 2.05) is 48.2 Å². The third-order valence-corrected chi connectivity index (χ3v) is 9.71. The zero-order valence-corrected chi connectivity index (χ0v) is 27.3. The van der Waals surface area contributed by atoms with Gasteiger partial charge >= 0.3 is 6.03 Å². The lowest BCUT2D eigenvalue weighted by molar-refractivity contribution is 0.191. The summed E-state index contributed by atoms with van der Waals surface area (Å²) in [4.78, 5) is 17.4. The second kappa shape index (κ2) is 15.0. The van der Waals surface area contributed by atoms with E-state index in [1.54, 1.807) is 43.4 Å². The lowest BCUT2D eigenvalue weighted by Crippen LogP contribution is -2.49. The molecule has 0 atom stereocenters. The van der Waals surface area contributed by atoms with Crippen molar-refractivity contribution in [2.75, 3.05) is 45.4 Å². The molecule has 0 aromatic heterocycles. The lowest BCUT2D eigenvalue weighted by atomic mass is 10.1. The minimum atomic E-state index is -3.83. The van der Waals surface area contributed by atoms with Gasteiger partial charge in [-0.3, -0.25) is 9.08 Å². The quantitative estimate of drug-likeness (QED) is 0.127. The van der Waals surface area contributed by atoms with Crippen LogP contribution >= 0.6 is 0 Å². The van der Waals surface area contributed by atoms with E-state index < -0.39 is 10.1 Å². The number of hydrogen-bond acceptors (Lipinski definition) is 7. The van der Waals surface area contributed by atoms with Crippen LogP contribution < -0.4 is 19.1 Å². The van der Waals surface area contributed by atoms with E-state index in [2.05, 4.69) is 0 Å². The van der Waals surface area contributed by atoms with Crippen molar-refractivity contribution in [1.29, 1.82) is 0 Å². The van der Waals surface area contributed by atoms with Crippen molar-refractivity contribution < 1.29 is 31.6 Å². The van der Waals surface area contributed by atoms with Crippen LogP contribution in [0.25, 0.3) is 0 Å². The van der Waals surface area contributed by atoms with Crippen molar-refractivity contribution in [2.45, 2.75) is 63.3 Å². The van der Waals surface area contributed by atoms with Gasteiger partial charge < -0.3 is 19.1 Å². The normalized spacial score (nSPS) is 15.3. The molecule has 45 heavy (non-hydrogen) atoms. The minimum absolute atomic E-state index is 0.00626. The van der Waals surface area contributed by atoms with Crippen LogP contribution in [-0.4, -0.2) is 59.9 Å². The van der Waals surface area contributed by atoms with Gasteiger partial charge in [-0.25, -0.2) is 4.79 Å². The van der Waals surface area contributed by atoms with Crippen molar-refractivity contribution in [1.82, 2.24) is 4.90 Å². The number of ether oxygens (including phenoxy) is 3. The number of methoxy groups -OCH3 is 2. The molecule has 1 aliphatic heterocycles. The SMILES string of the molecule is COc1cc(CCOS(=O)(=O)c2ccc(C)cc2)ccc1CN1CCCN(c2ccc(OC)c(OCCCCC3CC3)c2)C1=O. The molecule has 0 N–H and O–H groups in total. The summed E-state index contributed by atoms with van der Waals surface area (Å²) in [5.41, 5.74) is 3.50. The van der Waals surface area contributed by atoms with Crippen molar-refractivity contribution in [3.8, 4) is 17.2 Å². The molecule has 242 valence electrons. The summed E-state index contributed by atoms with van der Waals surface area (Å²) in [7, 11) is -0.614. The number of aryl methyl sites for hydroxylation is 1. The van der Waals surface area contributed by atoms with E-state index in [4.69, 9.17) is 18.4 Å². The van der Waals surface area contributed by atoms with Gasteiger partial charge in [-0.2, -0.15) is 8.42 Å². The smallest absolute Gasteiger partial charge is 0.324 e. The van der Waals surface area contributed by atoms with Gasteiger partial charge in [-0.1, -0.05) is 49.1 Å². The van der Waals surface area contributed by atoms with Crippen LogP contribution in [0.4, 0.5) is 10.5 Å². The number of amides is 2. The van der Waals surface area contributed by atoms with Gasteiger partial charge in [0.05, 0.1) is 38.9 Å². The lowest BCUT2D eigenvalue weighted by Gasteiger charge is -2.36. The van der Waals surface area contributed by atoms with Gasteiger partial charge in [0.25, 0.3) is 10.1 Å². The van der Waals surface area contributed by atoms with Gasteiger partial charge in [0.2, 0.25) is 0 Å². The maximum absolute atomic E-state index is 13.7. The Morgan fingerprint density at radius 2 is 1.62 bits per heavy atom. The molecule has 10 heteroatoms. The fraction of sp³-hybridized carbons (Fsp3) is 0.457. The number of benzene rings is 3. The third-order valence-electron chi connectivity index (χ3n) is 8.38. The number of anilines is 1. The summed E-state index contributed by atoms with van der Waals surface area (Å²) in [5, 5.41) is 0. The predicted octanol–water partition coefficient (Wildman–Crippen LogP) is 6.75. The van der Waals surface area contributed by atoms with Crippen LogP contribution in [0, 0.1) is 12.8 Å². The summed E-state index contributed by atoms with van der Waals surface area (Å²) in [6.45, 7) is 4.16. The molecule has 2 aliphatic rings. The Morgan fingerprint density at radius 1 is 0.844 bits per heavy atom. The Labute approximate surface area is 267 Å². The van der Waals surface area contributed by atoms with Gasteiger partial charge in [-0.15, -0.1) is 0 Å². The van der Waals surface area contributed by atoms with Crippen molar-refractivity contribution in [2.24, 2.45) is 5.92 Å². The molecule has 9 nitrogen and oxygen atoms in total. The van der Waals surface area contributed by atoms with Gasteiger partial charge in [0.1, 0.15) is 5.75 Å². The third kappa shape index (κ3) is 8.70. The molecule has 0 radical (unpaired) electrons. The van der Waals surface area contributed by atoms with Crippen molar-refractivity contribution in [3.63, 3.8) is 0 Å². The maximum Gasteiger partial charge on any atom is 0.324 e. The number of urea groups is 1. The van der Waals surface area contributed by atoms with E-state index in [0.29, 0.717) is 49.9 Å². The Morgan fingerprint density at radius 3 is 2.36 bits per heavy atom. The minimum Gasteiger partial charge on any atom is -0.496 e. The second-order valence-electron chi connectivity index (χ2n) is 11.8. The highest BCUT2D eigenvalue weighted by molar-refractivity contribution is 7.86. The summed E-state index contributed by atoms with van der Waals surface area (Å²) in [6.07, 6.45) is 7.40. The second-order valence-corrected chi connectivity index (χ2v) is 13.4. The summed E-state index contributed by atoms with van der Waals surface area (Å²) < 4.78 is 47.6. The molecule has 2 amide bonds. The number of carbonyl (C=O) groups is 1. The Hall–Kier alpha value is -3.76. The molecule has 3 aromatic carbocycles. The number of nitrogens with zero attached hydrogens (tertiary/aromatic N) is 2. The molecule has 1 aliphatic carbocycles. The van der Waals surface area contributed by atoms with E-state index in [9.17, 15) is 13.2 Å². The molecule has 0 bridgehead atoms. The molecule has 1 saturated carbocycles. The fourth-order valence-corrected chi connectivity index (χ4v) is 6.47. The Balaban J connectivity index is 1.19. The highest BCUT2D eigenvalue weighted by atomic mass is 32.2. The summed E-state index contributed by atoms with van der Waals surface area (Å²) >= 11 is 0. The molecular formula is C35H44N2O7S. The predicted molar refractivity (Wildman–Crippen MR) is 174 cm³/mol. The van der Waals surface area contributed by atoms with Gasteiger partial charge in [-0.05, 0) is 74.4 Å². The number of unbranched alkanes of at least 4 members (excludes halogenated alkanes) is 1. The number of carbonyl (C=O) groups excluding carboxylic acids is 1. The first-order chi connectivity index (χ1) is 21.8. The number of rotatable bonds is 16. The first-order valence-corrected chi connectivity index (χ1v) is 17.2. The Kier molecular flexibility index (Phi) is 10.9. The van der Waals surface area contributed by atoms with Crippen LogP contribution in [0.2, 0.25) is 0 Å². The molecule has 0 unspecified atom stereocenters. The molecule has 1 saturated heterocycles. The van der Waals surface area contributed by atoms with Crippen molar-refractivity contribution in [3.05, 3.63) is 77.4 Å². The maximum atomic E-state index is 13.7. The van der Waals surface area contributed by atoms with Crippen LogP contribution in [-0.2, 0) is 27.3 Å². The molecular weight excluding hydrogens is 592 g/mol. The molecule has 5 rings (SSSR count). The summed E-state index contributed by atoms with van der Waals surface area (Å²) in [5.74, 6) is 2.87. The summed E-state index contributed by atoms with van der Waals surface area (Å²) in [6, 6.07) is 17.9. The standard InChI is InChI=1S/C35H44N2O7S/c1-26-8-15-31(16-9-26)45(39,40)44-22-18-28-12-13-29(33(23-28)42-3)25-36-19-6-20-37(35(36)38)30-14-17-32(41-2)34(24-30)43-21-5-4-7-27-10-11-27/h8-9,12-17,23-24,27H,4-7,10-11,18-22,25H2,1-3H3. The van der Waals surface area contributed by atoms with Crippen molar-refractivity contribution >= 4 is 21.8 Å². The largest absolute Gasteiger partial charge is 0.496 e. The van der Waals surface area contributed by atoms with Crippen LogP contribution in [0.1, 0.15) is 55.2 Å². The highest BCUT2D eigenvalue weighted by Gasteiger charge is 2.28. The van der Waals surface area contributed by atoms with Crippen LogP contribution in [0.15, 0.2) is 65.6 Å². The topological polar surface area (TPSA) is 94.6 Å². The van der Waals surface area contributed by atoms with Gasteiger partial charge in [0, 0.05) is 30.4 Å². The van der Waals surface area contributed by atoms with E-state index >= 15 is 0 Å². The van der Waals surface area contributed by atoms with E-state index in [0.717, 1.165) is 41.1 Å². The Bertz CT molecular complexity index is 1550. The van der Waals surface area contributed by atoms with Crippen LogP contribution in [0.5, 0.6) is 17.2 Å².